The lowest BCUT2D eigenvalue weighted by molar-refractivity contribution is 0.0830. The van der Waals surface area contributed by atoms with Gasteiger partial charge in [-0.1, -0.05) is 28.8 Å². The van der Waals surface area contributed by atoms with E-state index in [0.717, 1.165) is 25.0 Å². The lowest BCUT2D eigenvalue weighted by Crippen LogP contribution is -2.49. The average molecular weight is 334 g/mol. The number of benzene rings is 1. The minimum Gasteiger partial charge on any atom is -0.394 e. The maximum Gasteiger partial charge on any atom is 0.257 e. The molecule has 19 heavy (non-hydrogen) atoms. The van der Waals surface area contributed by atoms with Crippen LogP contribution < -0.4 is 5.32 Å². The standard InChI is InChI=1S/C13H14BrF2NO2/c14-8-5-9(15)11(10(16)6-8)12(19)17-13(7-18)3-1-2-4-13/h5-6,18H,1-4,7H2,(H,17,19). The van der Waals surface area contributed by atoms with E-state index < -0.39 is 28.6 Å². The van der Waals surface area contributed by atoms with Crippen molar-refractivity contribution >= 4 is 21.8 Å². The Labute approximate surface area is 118 Å². The number of carbonyl (C=O) groups excluding carboxylic acids is 1. The second kappa shape index (κ2) is 5.54. The Morgan fingerprint density at radius 2 is 1.84 bits per heavy atom. The molecule has 104 valence electrons. The Balaban J connectivity index is 2.25. The van der Waals surface area contributed by atoms with Gasteiger partial charge in [-0.3, -0.25) is 4.79 Å². The van der Waals surface area contributed by atoms with Crippen LogP contribution in [0.1, 0.15) is 36.0 Å². The Morgan fingerprint density at radius 1 is 1.32 bits per heavy atom. The van der Waals surface area contributed by atoms with Crippen molar-refractivity contribution in [1.82, 2.24) is 5.32 Å². The first kappa shape index (κ1) is 14.4. The zero-order chi connectivity index (χ0) is 14.0. The summed E-state index contributed by atoms with van der Waals surface area (Å²) in [4.78, 5) is 12.0. The van der Waals surface area contributed by atoms with Crippen LogP contribution in [0.3, 0.4) is 0 Å². The van der Waals surface area contributed by atoms with Crippen LogP contribution in [-0.4, -0.2) is 23.2 Å². The molecule has 0 aliphatic heterocycles. The zero-order valence-corrected chi connectivity index (χ0v) is 11.8. The fraction of sp³-hybridized carbons (Fsp3) is 0.462. The monoisotopic (exact) mass is 333 g/mol. The summed E-state index contributed by atoms with van der Waals surface area (Å²) in [6, 6.07) is 2.08. The van der Waals surface area contributed by atoms with Crippen molar-refractivity contribution in [3.05, 3.63) is 33.8 Å². The summed E-state index contributed by atoms with van der Waals surface area (Å²) in [6.07, 6.45) is 3.00. The van der Waals surface area contributed by atoms with Gasteiger partial charge in [0.15, 0.2) is 0 Å². The fourth-order valence-corrected chi connectivity index (χ4v) is 2.84. The summed E-state index contributed by atoms with van der Waals surface area (Å²) in [6.45, 7) is -0.224. The van der Waals surface area contributed by atoms with E-state index in [1.165, 1.54) is 0 Å². The molecule has 2 N–H and O–H groups in total. The van der Waals surface area contributed by atoms with E-state index in [9.17, 15) is 18.7 Å². The molecule has 3 nitrogen and oxygen atoms in total. The summed E-state index contributed by atoms with van der Waals surface area (Å²) >= 11 is 2.96. The van der Waals surface area contributed by atoms with E-state index in [4.69, 9.17) is 0 Å². The minimum absolute atomic E-state index is 0.224. The second-order valence-corrected chi connectivity index (χ2v) is 5.76. The molecule has 0 saturated heterocycles. The molecule has 2 rings (SSSR count). The lowest BCUT2D eigenvalue weighted by atomic mass is 9.98. The number of nitrogens with one attached hydrogen (secondary N) is 1. The smallest absolute Gasteiger partial charge is 0.257 e. The van der Waals surface area contributed by atoms with Gasteiger partial charge < -0.3 is 10.4 Å². The van der Waals surface area contributed by atoms with Crippen molar-refractivity contribution in [2.75, 3.05) is 6.61 Å². The molecule has 6 heteroatoms. The van der Waals surface area contributed by atoms with E-state index in [2.05, 4.69) is 21.2 Å². The van der Waals surface area contributed by atoms with Gasteiger partial charge in [-0.15, -0.1) is 0 Å². The Bertz CT molecular complexity index is 478. The summed E-state index contributed by atoms with van der Waals surface area (Å²) in [5.41, 5.74) is -1.36. The van der Waals surface area contributed by atoms with Gasteiger partial charge in [-0.25, -0.2) is 8.78 Å². The number of hydrogen-bond acceptors (Lipinski definition) is 2. The van der Waals surface area contributed by atoms with E-state index in [1.807, 2.05) is 0 Å². The number of aliphatic hydroxyl groups is 1. The molecule has 1 fully saturated rings. The number of halogens is 3. The Kier molecular flexibility index (Phi) is 4.20. The maximum atomic E-state index is 13.7. The molecule has 1 aromatic rings. The van der Waals surface area contributed by atoms with Crippen molar-refractivity contribution in [3.8, 4) is 0 Å². The topological polar surface area (TPSA) is 49.3 Å². The molecule has 1 amide bonds. The average Bonchev–Trinajstić information content (AvgIpc) is 2.76. The number of rotatable bonds is 3. The van der Waals surface area contributed by atoms with E-state index in [1.54, 1.807) is 0 Å². The highest BCUT2D eigenvalue weighted by Gasteiger charge is 2.36. The predicted molar refractivity (Wildman–Crippen MR) is 69.8 cm³/mol. The summed E-state index contributed by atoms with van der Waals surface area (Å²) in [7, 11) is 0. The normalized spacial score (nSPS) is 17.5. The minimum atomic E-state index is -0.921. The highest BCUT2D eigenvalue weighted by atomic mass is 79.9. The van der Waals surface area contributed by atoms with Crippen LogP contribution in [0.4, 0.5) is 8.78 Å². The van der Waals surface area contributed by atoms with Crippen LogP contribution in [0.15, 0.2) is 16.6 Å². The largest absolute Gasteiger partial charge is 0.394 e. The van der Waals surface area contributed by atoms with Gasteiger partial charge in [0.1, 0.15) is 17.2 Å². The molecule has 0 bridgehead atoms. The Hall–Kier alpha value is -1.01. The van der Waals surface area contributed by atoms with E-state index in [0.29, 0.717) is 12.8 Å². The molecule has 0 heterocycles. The highest BCUT2D eigenvalue weighted by molar-refractivity contribution is 9.10. The van der Waals surface area contributed by atoms with Crippen molar-refractivity contribution < 1.29 is 18.7 Å². The van der Waals surface area contributed by atoms with Crippen LogP contribution in [0.2, 0.25) is 0 Å². The van der Waals surface area contributed by atoms with Gasteiger partial charge in [0.2, 0.25) is 0 Å². The molecule has 1 saturated carbocycles. The fourth-order valence-electron chi connectivity index (χ4n) is 2.44. The molecule has 1 aliphatic rings. The third kappa shape index (κ3) is 2.95. The molecule has 1 aliphatic carbocycles. The van der Waals surface area contributed by atoms with E-state index >= 15 is 0 Å². The summed E-state index contributed by atoms with van der Waals surface area (Å²) in [5, 5.41) is 12.0. The number of aliphatic hydroxyl groups excluding tert-OH is 1. The number of hydrogen-bond donors (Lipinski definition) is 2. The molecule has 0 unspecified atom stereocenters. The first-order valence-corrected chi connectivity index (χ1v) is 6.85. The van der Waals surface area contributed by atoms with Crippen molar-refractivity contribution in [3.63, 3.8) is 0 Å². The second-order valence-electron chi connectivity index (χ2n) is 4.84. The molecule has 0 radical (unpaired) electrons. The van der Waals surface area contributed by atoms with Crippen molar-refractivity contribution in [2.24, 2.45) is 0 Å². The SMILES string of the molecule is O=C(NC1(CO)CCCC1)c1c(F)cc(Br)cc1F. The van der Waals surface area contributed by atoms with Gasteiger partial charge in [-0.2, -0.15) is 0 Å². The highest BCUT2D eigenvalue weighted by Crippen LogP contribution is 2.30. The van der Waals surface area contributed by atoms with Crippen LogP contribution in [0, 0.1) is 11.6 Å². The quantitative estimate of drug-likeness (QED) is 0.893. The Morgan fingerprint density at radius 3 is 2.32 bits per heavy atom. The molecular weight excluding hydrogens is 320 g/mol. The number of amides is 1. The van der Waals surface area contributed by atoms with Gasteiger partial charge in [0.25, 0.3) is 5.91 Å². The molecular formula is C13H14BrF2NO2. The zero-order valence-electron chi connectivity index (χ0n) is 10.2. The summed E-state index contributed by atoms with van der Waals surface area (Å²) in [5.74, 6) is -2.66. The van der Waals surface area contributed by atoms with Gasteiger partial charge in [0, 0.05) is 4.47 Å². The van der Waals surface area contributed by atoms with Crippen molar-refractivity contribution in [2.45, 2.75) is 31.2 Å². The first-order valence-electron chi connectivity index (χ1n) is 6.05. The van der Waals surface area contributed by atoms with Crippen LogP contribution in [-0.2, 0) is 0 Å². The van der Waals surface area contributed by atoms with Crippen LogP contribution in [0.25, 0.3) is 0 Å². The predicted octanol–water partition coefficient (Wildman–Crippen LogP) is 2.76. The van der Waals surface area contributed by atoms with Crippen LogP contribution in [0.5, 0.6) is 0 Å². The molecule has 1 aromatic carbocycles. The van der Waals surface area contributed by atoms with Gasteiger partial charge in [-0.05, 0) is 25.0 Å². The molecule has 0 spiro atoms. The van der Waals surface area contributed by atoms with Crippen LogP contribution >= 0.6 is 15.9 Å². The third-order valence-corrected chi connectivity index (χ3v) is 3.93. The molecule has 0 atom stereocenters. The first-order chi connectivity index (χ1) is 8.97. The molecule has 0 aromatic heterocycles. The van der Waals surface area contributed by atoms with E-state index in [-0.39, 0.29) is 11.1 Å². The third-order valence-electron chi connectivity index (χ3n) is 3.48. The maximum absolute atomic E-state index is 13.7. The number of carbonyl (C=O) groups is 1. The summed E-state index contributed by atoms with van der Waals surface area (Å²) < 4.78 is 27.6. The van der Waals surface area contributed by atoms with Gasteiger partial charge >= 0.3 is 0 Å². The van der Waals surface area contributed by atoms with Crippen molar-refractivity contribution in [1.29, 1.82) is 0 Å². The van der Waals surface area contributed by atoms with Gasteiger partial charge in [0.05, 0.1) is 12.1 Å². The lowest BCUT2D eigenvalue weighted by Gasteiger charge is -2.28.